The van der Waals surface area contributed by atoms with Crippen LogP contribution in [-0.4, -0.2) is 22.3 Å². The second-order valence-electron chi connectivity index (χ2n) is 4.26. The summed E-state index contributed by atoms with van der Waals surface area (Å²) >= 11 is 0. The molecule has 0 aliphatic heterocycles. The molecule has 0 unspecified atom stereocenters. The highest BCUT2D eigenvalue weighted by Gasteiger charge is 2.27. The molecule has 1 aromatic heterocycles. The maximum atomic E-state index is 6.21. The van der Waals surface area contributed by atoms with Crippen molar-refractivity contribution in [1.82, 2.24) is 10.1 Å². The Morgan fingerprint density at radius 3 is 2.87 bits per heavy atom. The van der Waals surface area contributed by atoms with Crippen LogP contribution in [0.4, 0.5) is 0 Å². The van der Waals surface area contributed by atoms with Gasteiger partial charge in [0.25, 0.3) is 0 Å². The molecule has 2 N–H and O–H groups in total. The van der Waals surface area contributed by atoms with Gasteiger partial charge in [-0.2, -0.15) is 4.98 Å². The molecule has 1 saturated carbocycles. The Morgan fingerprint density at radius 2 is 2.20 bits per heavy atom. The molecular formula is C10H17N3O2. The lowest BCUT2D eigenvalue weighted by Gasteiger charge is -2.32. The van der Waals surface area contributed by atoms with Gasteiger partial charge in [0.15, 0.2) is 5.82 Å². The Bertz CT molecular complexity index is 281. The Balaban J connectivity index is 1.72. The summed E-state index contributed by atoms with van der Waals surface area (Å²) in [5.41, 5.74) is 6.07. The van der Waals surface area contributed by atoms with Gasteiger partial charge in [-0.05, 0) is 12.8 Å². The van der Waals surface area contributed by atoms with E-state index in [4.69, 9.17) is 10.5 Å². The van der Waals surface area contributed by atoms with E-state index in [1.165, 1.54) is 25.7 Å². The number of hydrogen-bond donors (Lipinski definition) is 1. The van der Waals surface area contributed by atoms with E-state index in [9.17, 15) is 0 Å². The molecule has 2 rings (SSSR count). The third-order valence-electron chi connectivity index (χ3n) is 2.88. The summed E-state index contributed by atoms with van der Waals surface area (Å²) in [6.45, 7) is 0.969. The fraction of sp³-hybridized carbons (Fsp3) is 0.800. The standard InChI is InChI=1S/C10H17N3O2/c11-10(4-2-1-3-5-10)7-14-6-9-12-8-15-13-9/h8H,1-7,11H2. The van der Waals surface area contributed by atoms with Crippen LogP contribution in [0.15, 0.2) is 10.9 Å². The molecule has 0 saturated heterocycles. The van der Waals surface area contributed by atoms with E-state index in [0.717, 1.165) is 12.8 Å². The molecule has 0 bridgehead atoms. The van der Waals surface area contributed by atoms with Crippen LogP contribution in [0.1, 0.15) is 37.9 Å². The minimum absolute atomic E-state index is 0.137. The minimum Gasteiger partial charge on any atom is -0.371 e. The number of ether oxygens (including phenoxy) is 1. The third-order valence-corrected chi connectivity index (χ3v) is 2.88. The lowest BCUT2D eigenvalue weighted by Crippen LogP contribution is -2.46. The van der Waals surface area contributed by atoms with Gasteiger partial charge in [-0.3, -0.25) is 0 Å². The number of rotatable bonds is 4. The molecule has 5 heteroatoms. The number of nitrogens with two attached hydrogens (primary N) is 1. The smallest absolute Gasteiger partial charge is 0.213 e. The Kier molecular flexibility index (Phi) is 3.33. The summed E-state index contributed by atoms with van der Waals surface area (Å²) in [6.07, 6.45) is 7.13. The second-order valence-corrected chi connectivity index (χ2v) is 4.26. The van der Waals surface area contributed by atoms with Gasteiger partial charge in [-0.1, -0.05) is 24.4 Å². The molecular weight excluding hydrogens is 194 g/mol. The molecule has 0 amide bonds. The van der Waals surface area contributed by atoms with Crippen LogP contribution in [0.5, 0.6) is 0 Å². The van der Waals surface area contributed by atoms with Crippen molar-refractivity contribution in [3.05, 3.63) is 12.2 Å². The van der Waals surface area contributed by atoms with Crippen LogP contribution in [-0.2, 0) is 11.3 Å². The van der Waals surface area contributed by atoms with E-state index in [1.807, 2.05) is 0 Å². The largest absolute Gasteiger partial charge is 0.371 e. The summed E-state index contributed by atoms with van der Waals surface area (Å²) in [6, 6.07) is 0. The van der Waals surface area contributed by atoms with Crippen LogP contribution in [0.25, 0.3) is 0 Å². The third kappa shape index (κ3) is 3.00. The molecule has 0 radical (unpaired) electrons. The predicted octanol–water partition coefficient (Wildman–Crippen LogP) is 1.25. The first kappa shape index (κ1) is 10.6. The lowest BCUT2D eigenvalue weighted by molar-refractivity contribution is 0.0531. The zero-order chi connectivity index (χ0) is 10.6. The van der Waals surface area contributed by atoms with Crippen LogP contribution >= 0.6 is 0 Å². The van der Waals surface area contributed by atoms with Crippen LogP contribution in [0, 0.1) is 0 Å². The van der Waals surface area contributed by atoms with Gasteiger partial charge in [0.05, 0.1) is 6.61 Å². The molecule has 1 aliphatic rings. The van der Waals surface area contributed by atoms with Crippen LogP contribution < -0.4 is 5.73 Å². The first-order valence-electron chi connectivity index (χ1n) is 5.40. The Morgan fingerprint density at radius 1 is 1.40 bits per heavy atom. The lowest BCUT2D eigenvalue weighted by atomic mass is 9.83. The molecule has 1 fully saturated rings. The second kappa shape index (κ2) is 4.72. The average Bonchev–Trinajstić information content (AvgIpc) is 2.71. The quantitative estimate of drug-likeness (QED) is 0.811. The van der Waals surface area contributed by atoms with Crippen molar-refractivity contribution in [3.8, 4) is 0 Å². The van der Waals surface area contributed by atoms with Crippen LogP contribution in [0.3, 0.4) is 0 Å². The Hall–Kier alpha value is -0.940. The van der Waals surface area contributed by atoms with Gasteiger partial charge in [0.1, 0.15) is 6.61 Å². The molecule has 0 atom stereocenters. The molecule has 15 heavy (non-hydrogen) atoms. The summed E-state index contributed by atoms with van der Waals surface area (Å²) in [4.78, 5) is 3.88. The first-order chi connectivity index (χ1) is 7.29. The fourth-order valence-corrected chi connectivity index (χ4v) is 2.00. The van der Waals surface area contributed by atoms with E-state index in [2.05, 4.69) is 14.7 Å². The molecule has 0 aromatic carbocycles. The van der Waals surface area contributed by atoms with Crippen molar-refractivity contribution >= 4 is 0 Å². The Labute approximate surface area is 89.0 Å². The van der Waals surface area contributed by atoms with Gasteiger partial charge >= 0.3 is 0 Å². The van der Waals surface area contributed by atoms with Gasteiger partial charge < -0.3 is 15.0 Å². The molecule has 1 heterocycles. The maximum Gasteiger partial charge on any atom is 0.213 e. The van der Waals surface area contributed by atoms with Crippen molar-refractivity contribution in [2.24, 2.45) is 5.73 Å². The summed E-state index contributed by atoms with van der Waals surface area (Å²) in [5.74, 6) is 0.578. The molecule has 1 aliphatic carbocycles. The molecule has 84 valence electrons. The van der Waals surface area contributed by atoms with Crippen molar-refractivity contribution in [2.45, 2.75) is 44.2 Å². The first-order valence-corrected chi connectivity index (χ1v) is 5.40. The van der Waals surface area contributed by atoms with E-state index in [-0.39, 0.29) is 5.54 Å². The molecule has 1 aromatic rings. The van der Waals surface area contributed by atoms with Crippen LogP contribution in [0.2, 0.25) is 0 Å². The summed E-state index contributed by atoms with van der Waals surface area (Å²) in [5, 5.41) is 3.67. The van der Waals surface area contributed by atoms with E-state index >= 15 is 0 Å². The maximum absolute atomic E-state index is 6.21. The number of hydrogen-bond acceptors (Lipinski definition) is 5. The van der Waals surface area contributed by atoms with Gasteiger partial charge in [0, 0.05) is 5.54 Å². The SMILES string of the molecule is NC1(COCc2ncon2)CCCCC1. The number of nitrogens with zero attached hydrogens (tertiary/aromatic N) is 2. The zero-order valence-corrected chi connectivity index (χ0v) is 8.82. The summed E-state index contributed by atoms with van der Waals surface area (Å²) in [7, 11) is 0. The fourth-order valence-electron chi connectivity index (χ4n) is 2.00. The minimum atomic E-state index is -0.137. The van der Waals surface area contributed by atoms with E-state index in [1.54, 1.807) is 0 Å². The highest BCUT2D eigenvalue weighted by Crippen LogP contribution is 2.26. The highest BCUT2D eigenvalue weighted by atomic mass is 16.5. The monoisotopic (exact) mass is 211 g/mol. The van der Waals surface area contributed by atoms with Crippen molar-refractivity contribution < 1.29 is 9.26 Å². The van der Waals surface area contributed by atoms with E-state index in [0.29, 0.717) is 19.0 Å². The average molecular weight is 211 g/mol. The molecule has 0 spiro atoms. The van der Waals surface area contributed by atoms with Gasteiger partial charge in [-0.15, -0.1) is 0 Å². The normalized spacial score (nSPS) is 20.3. The number of aromatic nitrogens is 2. The molecule has 5 nitrogen and oxygen atoms in total. The van der Waals surface area contributed by atoms with Gasteiger partial charge in [0.2, 0.25) is 6.39 Å². The van der Waals surface area contributed by atoms with E-state index < -0.39 is 0 Å². The topological polar surface area (TPSA) is 74.2 Å². The van der Waals surface area contributed by atoms with Gasteiger partial charge in [-0.25, -0.2) is 0 Å². The predicted molar refractivity (Wildman–Crippen MR) is 54.0 cm³/mol. The summed E-state index contributed by atoms with van der Waals surface area (Å²) < 4.78 is 10.1. The highest BCUT2D eigenvalue weighted by molar-refractivity contribution is 4.87. The van der Waals surface area contributed by atoms with Crippen molar-refractivity contribution in [1.29, 1.82) is 0 Å². The van der Waals surface area contributed by atoms with Crippen molar-refractivity contribution in [2.75, 3.05) is 6.61 Å². The van der Waals surface area contributed by atoms with Crippen molar-refractivity contribution in [3.63, 3.8) is 0 Å². The zero-order valence-electron chi connectivity index (χ0n) is 8.82.